The van der Waals surface area contributed by atoms with Crippen LogP contribution in [0.1, 0.15) is 74.8 Å². The van der Waals surface area contributed by atoms with Crippen LogP contribution in [-0.2, 0) is 4.79 Å². The van der Waals surface area contributed by atoms with Crippen molar-refractivity contribution in [3.8, 4) is 0 Å². The lowest BCUT2D eigenvalue weighted by molar-refractivity contribution is -0.115. The van der Waals surface area contributed by atoms with Crippen LogP contribution in [0.2, 0.25) is 0 Å². The van der Waals surface area contributed by atoms with E-state index in [1.54, 1.807) is 24.3 Å². The minimum atomic E-state index is -0.727. The molecule has 34 heavy (non-hydrogen) atoms. The second kappa shape index (κ2) is 10.2. The van der Waals surface area contributed by atoms with Gasteiger partial charge in [-0.2, -0.15) is 0 Å². The van der Waals surface area contributed by atoms with Crippen LogP contribution < -0.4 is 10.2 Å². The van der Waals surface area contributed by atoms with Gasteiger partial charge in [-0.15, -0.1) is 0 Å². The Hall–Kier alpha value is -2.86. The van der Waals surface area contributed by atoms with Gasteiger partial charge >= 0.3 is 0 Å². The number of nitrogens with zero attached hydrogens (tertiary/aromatic N) is 2. The molecule has 3 atom stereocenters. The van der Waals surface area contributed by atoms with Crippen molar-refractivity contribution in [2.45, 2.75) is 64.5 Å². The highest BCUT2D eigenvalue weighted by Gasteiger charge is 2.50. The lowest BCUT2D eigenvalue weighted by atomic mass is 9.66. The number of likely N-dealkylation sites (tertiary alicyclic amines) is 1. The average molecular weight is 464 g/mol. The van der Waals surface area contributed by atoms with Crippen LogP contribution in [0.15, 0.2) is 48.5 Å². The quantitative estimate of drug-likeness (QED) is 0.632. The van der Waals surface area contributed by atoms with E-state index in [9.17, 15) is 14.7 Å². The van der Waals surface area contributed by atoms with Gasteiger partial charge in [0.1, 0.15) is 0 Å². The van der Waals surface area contributed by atoms with Crippen LogP contribution in [0.5, 0.6) is 0 Å². The third-order valence-corrected chi connectivity index (χ3v) is 7.62. The summed E-state index contributed by atoms with van der Waals surface area (Å²) in [7, 11) is 0. The smallest absolute Gasteiger partial charge is 0.254 e. The van der Waals surface area contributed by atoms with Crippen LogP contribution in [-0.4, -0.2) is 47.1 Å². The molecular formula is C28H37N3O3. The number of fused-ring (bicyclic) bond motifs is 1. The van der Waals surface area contributed by atoms with Gasteiger partial charge < -0.3 is 20.2 Å². The second-order valence-corrected chi connectivity index (χ2v) is 9.68. The molecule has 2 N–H and O–H groups in total. The molecule has 1 aliphatic heterocycles. The number of anilines is 2. The minimum Gasteiger partial charge on any atom is -0.389 e. The first-order valence-electron chi connectivity index (χ1n) is 12.6. The molecule has 1 saturated heterocycles. The first-order valence-corrected chi connectivity index (χ1v) is 12.6. The molecule has 2 aliphatic rings. The fourth-order valence-electron chi connectivity index (χ4n) is 5.89. The third-order valence-electron chi connectivity index (χ3n) is 7.62. The SMILES string of the molecule is CCN(CC)c1ccc([C@@H]2[C@@H]3CCCC[C@@]3(O)CCN2C(=O)c2cccc(NC(C)=O)c2)cc1. The van der Waals surface area contributed by atoms with Crippen LogP contribution in [0, 0.1) is 5.92 Å². The van der Waals surface area contributed by atoms with Gasteiger partial charge in [-0.05, 0) is 69.0 Å². The Bertz CT molecular complexity index is 1020. The van der Waals surface area contributed by atoms with E-state index in [4.69, 9.17) is 0 Å². The van der Waals surface area contributed by atoms with Crippen molar-refractivity contribution in [2.24, 2.45) is 5.92 Å². The lowest BCUT2D eigenvalue weighted by Gasteiger charge is -2.52. The zero-order valence-electron chi connectivity index (χ0n) is 20.6. The Morgan fingerprint density at radius 1 is 1.09 bits per heavy atom. The number of hydrogen-bond acceptors (Lipinski definition) is 4. The van der Waals surface area contributed by atoms with Gasteiger partial charge in [-0.25, -0.2) is 0 Å². The number of carbonyl (C=O) groups is 2. The molecule has 182 valence electrons. The number of hydrogen-bond donors (Lipinski definition) is 2. The van der Waals surface area contributed by atoms with Crippen molar-refractivity contribution in [3.63, 3.8) is 0 Å². The zero-order valence-corrected chi connectivity index (χ0v) is 20.6. The Labute approximate surface area is 203 Å². The van der Waals surface area contributed by atoms with Crippen molar-refractivity contribution in [1.29, 1.82) is 0 Å². The number of carbonyl (C=O) groups excluding carboxylic acids is 2. The summed E-state index contributed by atoms with van der Waals surface area (Å²) in [6.07, 6.45) is 4.41. The van der Waals surface area contributed by atoms with Crippen LogP contribution in [0.25, 0.3) is 0 Å². The van der Waals surface area contributed by atoms with Crippen LogP contribution in [0.3, 0.4) is 0 Å². The Kier molecular flexibility index (Phi) is 7.27. The molecule has 4 rings (SSSR count). The number of benzene rings is 2. The topological polar surface area (TPSA) is 72.9 Å². The van der Waals surface area contributed by atoms with E-state index < -0.39 is 5.60 Å². The molecule has 0 bridgehead atoms. The Balaban J connectivity index is 1.69. The van der Waals surface area contributed by atoms with Gasteiger partial charge in [0.25, 0.3) is 5.91 Å². The van der Waals surface area contributed by atoms with E-state index in [1.165, 1.54) is 12.6 Å². The minimum absolute atomic E-state index is 0.0109. The Morgan fingerprint density at radius 2 is 1.82 bits per heavy atom. The molecule has 2 aromatic carbocycles. The normalized spacial score (nSPS) is 24.3. The second-order valence-electron chi connectivity index (χ2n) is 9.68. The van der Waals surface area contributed by atoms with E-state index >= 15 is 0 Å². The summed E-state index contributed by atoms with van der Waals surface area (Å²) >= 11 is 0. The molecule has 0 aromatic heterocycles. The van der Waals surface area contributed by atoms with Crippen LogP contribution in [0.4, 0.5) is 11.4 Å². The number of amides is 2. The third kappa shape index (κ3) is 4.83. The van der Waals surface area contributed by atoms with Crippen molar-refractivity contribution in [1.82, 2.24) is 4.90 Å². The zero-order chi connectivity index (χ0) is 24.3. The summed E-state index contributed by atoms with van der Waals surface area (Å²) in [5, 5.41) is 14.3. The van der Waals surface area contributed by atoms with E-state index in [2.05, 4.69) is 48.3 Å². The maximum atomic E-state index is 13.8. The highest BCUT2D eigenvalue weighted by molar-refractivity contribution is 5.97. The molecule has 0 spiro atoms. The summed E-state index contributed by atoms with van der Waals surface area (Å²) in [5.74, 6) is -0.213. The van der Waals surface area contributed by atoms with Crippen molar-refractivity contribution < 1.29 is 14.7 Å². The molecule has 1 aliphatic carbocycles. The highest BCUT2D eigenvalue weighted by Crippen LogP contribution is 2.49. The predicted molar refractivity (Wildman–Crippen MR) is 136 cm³/mol. The molecule has 2 aromatic rings. The summed E-state index contributed by atoms with van der Waals surface area (Å²) in [6.45, 7) is 8.15. The highest BCUT2D eigenvalue weighted by atomic mass is 16.3. The van der Waals surface area contributed by atoms with E-state index in [-0.39, 0.29) is 23.8 Å². The van der Waals surface area contributed by atoms with Gasteiger partial charge in [0.15, 0.2) is 0 Å². The average Bonchev–Trinajstić information content (AvgIpc) is 2.83. The number of nitrogens with one attached hydrogen (secondary N) is 1. The van der Waals surface area contributed by atoms with Gasteiger partial charge in [-0.3, -0.25) is 9.59 Å². The molecule has 0 unspecified atom stereocenters. The standard InChI is InChI=1S/C28H37N3O3/c1-4-30(5-2)24-14-12-21(13-15-24)26-25-11-6-7-16-28(25,34)17-18-31(26)27(33)22-9-8-10-23(19-22)29-20(3)32/h8-10,12-15,19,25-26,34H,4-7,11,16-18H2,1-3H3,(H,29,32)/t25-,26+,28+/m0/s1. The van der Waals surface area contributed by atoms with Gasteiger partial charge in [-0.1, -0.05) is 31.0 Å². The summed E-state index contributed by atoms with van der Waals surface area (Å²) < 4.78 is 0. The molecule has 1 saturated carbocycles. The van der Waals surface area contributed by atoms with E-state index in [1.807, 2.05) is 4.90 Å². The summed E-state index contributed by atoms with van der Waals surface area (Å²) in [4.78, 5) is 29.6. The van der Waals surface area contributed by atoms with Gasteiger partial charge in [0.05, 0.1) is 11.6 Å². The summed E-state index contributed by atoms with van der Waals surface area (Å²) in [6, 6.07) is 15.5. The fourth-order valence-corrected chi connectivity index (χ4v) is 5.89. The molecule has 0 radical (unpaired) electrons. The summed E-state index contributed by atoms with van der Waals surface area (Å²) in [5.41, 5.74) is 2.69. The predicted octanol–water partition coefficient (Wildman–Crippen LogP) is 5.00. The molecular weight excluding hydrogens is 426 g/mol. The monoisotopic (exact) mass is 463 g/mol. The molecule has 1 heterocycles. The van der Waals surface area contributed by atoms with E-state index in [0.717, 1.165) is 44.3 Å². The first-order chi connectivity index (χ1) is 16.4. The van der Waals surface area contributed by atoms with Gasteiger partial charge in [0.2, 0.25) is 5.91 Å². The largest absolute Gasteiger partial charge is 0.389 e. The molecule has 6 nitrogen and oxygen atoms in total. The first kappa shape index (κ1) is 24.3. The van der Waals surface area contributed by atoms with Crippen LogP contribution >= 0.6 is 0 Å². The molecule has 2 amide bonds. The van der Waals surface area contributed by atoms with Gasteiger partial charge in [0, 0.05) is 49.4 Å². The van der Waals surface area contributed by atoms with E-state index in [0.29, 0.717) is 24.2 Å². The maximum Gasteiger partial charge on any atom is 0.254 e. The van der Waals surface area contributed by atoms with Crippen molar-refractivity contribution in [3.05, 3.63) is 59.7 Å². The number of rotatable bonds is 6. The van der Waals surface area contributed by atoms with Crippen molar-refractivity contribution in [2.75, 3.05) is 29.9 Å². The number of aliphatic hydroxyl groups is 1. The van der Waals surface area contributed by atoms with Crippen molar-refractivity contribution >= 4 is 23.2 Å². The fraction of sp³-hybridized carbons (Fsp3) is 0.500. The molecule has 2 fully saturated rings. The lowest BCUT2D eigenvalue weighted by Crippen LogP contribution is -2.56. The maximum absolute atomic E-state index is 13.8. The Morgan fingerprint density at radius 3 is 2.50 bits per heavy atom. The molecule has 6 heteroatoms. The number of piperidine rings is 1.